The molecule has 0 saturated heterocycles. The van der Waals surface area contributed by atoms with E-state index in [2.05, 4.69) is 11.9 Å². The number of thiol groups is 1. The van der Waals surface area contributed by atoms with E-state index in [9.17, 15) is 9.90 Å². The molecule has 1 aliphatic rings. The zero-order chi connectivity index (χ0) is 20.9. The van der Waals surface area contributed by atoms with Gasteiger partial charge in [0.05, 0.1) is 13.0 Å². The number of methoxy groups -OCH3 is 1. The molecular weight excluding hydrogens is 382 g/mol. The van der Waals surface area contributed by atoms with Crippen LogP contribution >= 0.6 is 12.6 Å². The summed E-state index contributed by atoms with van der Waals surface area (Å²) < 4.78 is 5.39. The van der Waals surface area contributed by atoms with Gasteiger partial charge in [-0.3, -0.25) is 4.79 Å². The maximum Gasteiger partial charge on any atom is 0.310 e. The van der Waals surface area contributed by atoms with E-state index in [0.29, 0.717) is 6.42 Å². The Bertz CT molecular complexity index is 832. The fourth-order valence-electron chi connectivity index (χ4n) is 4.53. The molecule has 29 heavy (non-hydrogen) atoms. The molecule has 0 amide bonds. The van der Waals surface area contributed by atoms with E-state index in [-0.39, 0.29) is 4.75 Å². The summed E-state index contributed by atoms with van der Waals surface area (Å²) in [7, 11) is 3.78. The number of hydrogen-bond donors (Lipinski definition) is 2. The van der Waals surface area contributed by atoms with Crippen LogP contribution in [0.3, 0.4) is 0 Å². The minimum Gasteiger partial charge on any atom is -0.497 e. The molecule has 2 aromatic rings. The summed E-state index contributed by atoms with van der Waals surface area (Å²) >= 11 is 4.95. The highest BCUT2D eigenvalue weighted by atomic mass is 32.1. The molecule has 5 heteroatoms. The standard InChI is InChI=1S/C24H33NO3S/c1-25(17-24(29)12-4-3-5-13-24)14-6-7-22(23(26)27)20-9-8-19-16-21(28-2)11-10-18(19)15-20/h8-11,15-16,22,29H,3-7,12-14,17H2,1-2H3,(H,26,27)/t22-/m0/s1. The molecule has 0 heterocycles. The lowest BCUT2D eigenvalue weighted by Crippen LogP contribution is -2.39. The van der Waals surface area contributed by atoms with Crippen LogP contribution in [0.15, 0.2) is 36.4 Å². The van der Waals surface area contributed by atoms with Crippen molar-refractivity contribution in [3.05, 3.63) is 42.0 Å². The van der Waals surface area contributed by atoms with Crippen molar-refractivity contribution in [2.45, 2.75) is 55.6 Å². The molecule has 1 aliphatic carbocycles. The van der Waals surface area contributed by atoms with Gasteiger partial charge in [0.2, 0.25) is 0 Å². The number of carboxylic acids is 1. The van der Waals surface area contributed by atoms with Crippen molar-refractivity contribution in [1.29, 1.82) is 0 Å². The number of nitrogens with zero attached hydrogens (tertiary/aromatic N) is 1. The molecule has 1 saturated carbocycles. The van der Waals surface area contributed by atoms with Gasteiger partial charge < -0.3 is 14.7 Å². The summed E-state index contributed by atoms with van der Waals surface area (Å²) in [6.45, 7) is 1.88. The smallest absolute Gasteiger partial charge is 0.310 e. The van der Waals surface area contributed by atoms with Crippen LogP contribution in [0.5, 0.6) is 5.75 Å². The maximum atomic E-state index is 11.9. The zero-order valence-corrected chi connectivity index (χ0v) is 18.5. The molecule has 158 valence electrons. The van der Waals surface area contributed by atoms with Crippen molar-refractivity contribution in [3.8, 4) is 5.75 Å². The van der Waals surface area contributed by atoms with Crippen LogP contribution in [0.4, 0.5) is 0 Å². The van der Waals surface area contributed by atoms with Gasteiger partial charge in [-0.15, -0.1) is 0 Å². The van der Waals surface area contributed by atoms with E-state index in [1.807, 2.05) is 36.4 Å². The van der Waals surface area contributed by atoms with Crippen LogP contribution in [-0.2, 0) is 4.79 Å². The van der Waals surface area contributed by atoms with Gasteiger partial charge in [-0.25, -0.2) is 0 Å². The molecule has 0 bridgehead atoms. The number of ether oxygens (including phenoxy) is 1. The fraction of sp³-hybridized carbons (Fsp3) is 0.542. The number of carbonyl (C=O) groups is 1. The second kappa shape index (κ2) is 9.86. The molecule has 0 aromatic heterocycles. The largest absolute Gasteiger partial charge is 0.497 e. The molecule has 0 unspecified atom stereocenters. The summed E-state index contributed by atoms with van der Waals surface area (Å²) in [6.07, 6.45) is 7.72. The van der Waals surface area contributed by atoms with Crippen molar-refractivity contribution in [2.24, 2.45) is 0 Å². The van der Waals surface area contributed by atoms with E-state index in [4.69, 9.17) is 17.4 Å². The number of benzene rings is 2. The Labute approximate surface area is 179 Å². The lowest BCUT2D eigenvalue weighted by atomic mass is 9.87. The molecule has 4 nitrogen and oxygen atoms in total. The quantitative estimate of drug-likeness (QED) is 0.541. The molecule has 0 radical (unpaired) electrons. The molecule has 2 aromatic carbocycles. The Morgan fingerprint density at radius 3 is 2.55 bits per heavy atom. The second-order valence-corrected chi connectivity index (χ2v) is 9.48. The number of carboxylic acid groups (broad SMARTS) is 1. The highest BCUT2D eigenvalue weighted by Gasteiger charge is 2.29. The van der Waals surface area contributed by atoms with Gasteiger partial charge in [-0.05, 0) is 67.7 Å². The van der Waals surface area contributed by atoms with Crippen molar-refractivity contribution < 1.29 is 14.6 Å². The molecule has 0 aliphatic heterocycles. The van der Waals surface area contributed by atoms with Gasteiger partial charge in [0, 0.05) is 11.3 Å². The Morgan fingerprint density at radius 2 is 1.86 bits per heavy atom. The summed E-state index contributed by atoms with van der Waals surface area (Å²) in [6, 6.07) is 11.8. The van der Waals surface area contributed by atoms with Crippen molar-refractivity contribution in [1.82, 2.24) is 4.90 Å². The first-order valence-corrected chi connectivity index (χ1v) is 11.1. The van der Waals surface area contributed by atoms with Crippen LogP contribution in [0, 0.1) is 0 Å². The Balaban J connectivity index is 1.60. The predicted octanol–water partition coefficient (Wildman–Crippen LogP) is 5.36. The molecule has 0 spiro atoms. The lowest BCUT2D eigenvalue weighted by molar-refractivity contribution is -0.139. The number of hydrogen-bond acceptors (Lipinski definition) is 4. The highest BCUT2D eigenvalue weighted by molar-refractivity contribution is 7.81. The average Bonchev–Trinajstić information content (AvgIpc) is 2.70. The number of rotatable bonds is 9. The summed E-state index contributed by atoms with van der Waals surface area (Å²) in [5, 5.41) is 11.9. The van der Waals surface area contributed by atoms with Gasteiger partial charge in [-0.2, -0.15) is 12.6 Å². The lowest BCUT2D eigenvalue weighted by Gasteiger charge is -2.36. The van der Waals surface area contributed by atoms with Crippen molar-refractivity contribution in [2.75, 3.05) is 27.2 Å². The first-order chi connectivity index (χ1) is 13.9. The van der Waals surface area contributed by atoms with Crippen molar-refractivity contribution >= 4 is 29.4 Å². The normalized spacial score (nSPS) is 17.4. The minimum atomic E-state index is -0.751. The van der Waals surface area contributed by atoms with Crippen LogP contribution < -0.4 is 4.74 Å². The zero-order valence-electron chi connectivity index (χ0n) is 17.6. The van der Waals surface area contributed by atoms with Gasteiger partial charge >= 0.3 is 5.97 Å². The second-order valence-electron chi connectivity index (χ2n) is 8.53. The van der Waals surface area contributed by atoms with E-state index in [1.54, 1.807) is 7.11 Å². The summed E-state index contributed by atoms with van der Waals surface area (Å²) in [5.41, 5.74) is 0.871. The molecule has 1 N–H and O–H groups in total. The van der Waals surface area contributed by atoms with Crippen molar-refractivity contribution in [3.63, 3.8) is 0 Å². The number of aliphatic carboxylic acids is 1. The SMILES string of the molecule is COc1ccc2cc([C@H](CCCN(C)CC3(S)CCCCC3)C(=O)O)ccc2c1. The maximum absolute atomic E-state index is 11.9. The highest BCUT2D eigenvalue weighted by Crippen LogP contribution is 2.34. The number of fused-ring (bicyclic) bond motifs is 1. The van der Waals surface area contributed by atoms with Crippen LogP contribution in [-0.4, -0.2) is 48.0 Å². The Hall–Kier alpha value is -1.72. The monoisotopic (exact) mass is 415 g/mol. The van der Waals surface area contributed by atoms with Gasteiger partial charge in [0.25, 0.3) is 0 Å². The Morgan fingerprint density at radius 1 is 1.17 bits per heavy atom. The van der Waals surface area contributed by atoms with Gasteiger partial charge in [0.15, 0.2) is 0 Å². The van der Waals surface area contributed by atoms with Crippen LogP contribution in [0.25, 0.3) is 10.8 Å². The molecule has 1 atom stereocenters. The minimum absolute atomic E-state index is 0.124. The summed E-state index contributed by atoms with van der Waals surface area (Å²) in [5.74, 6) is -0.420. The predicted molar refractivity (Wildman–Crippen MR) is 122 cm³/mol. The third kappa shape index (κ3) is 5.89. The third-order valence-electron chi connectivity index (χ3n) is 6.15. The first-order valence-electron chi connectivity index (χ1n) is 10.6. The molecule has 1 fully saturated rings. The van der Waals surface area contributed by atoms with Crippen LogP contribution in [0.1, 0.15) is 56.4 Å². The van der Waals surface area contributed by atoms with E-state index in [0.717, 1.165) is 41.6 Å². The van der Waals surface area contributed by atoms with E-state index in [1.165, 1.54) is 32.1 Å². The first kappa shape index (κ1) is 22.0. The van der Waals surface area contributed by atoms with E-state index >= 15 is 0 Å². The Kier molecular flexibility index (Phi) is 7.47. The van der Waals surface area contributed by atoms with Gasteiger partial charge in [0.1, 0.15) is 5.75 Å². The molecular formula is C24H33NO3S. The average molecular weight is 416 g/mol. The fourth-order valence-corrected chi connectivity index (χ4v) is 5.09. The van der Waals surface area contributed by atoms with Crippen LogP contribution in [0.2, 0.25) is 0 Å². The summed E-state index contributed by atoms with van der Waals surface area (Å²) in [4.78, 5) is 14.3. The third-order valence-corrected chi connectivity index (χ3v) is 6.74. The van der Waals surface area contributed by atoms with Gasteiger partial charge in [-0.1, -0.05) is 43.5 Å². The molecule has 3 rings (SSSR count). The van der Waals surface area contributed by atoms with E-state index < -0.39 is 11.9 Å². The topological polar surface area (TPSA) is 49.8 Å².